The van der Waals surface area contributed by atoms with Gasteiger partial charge in [0.05, 0.1) is 0 Å². The number of nitrogens with zero attached hydrogens (tertiary/aromatic N) is 1. The summed E-state index contributed by atoms with van der Waals surface area (Å²) in [7, 11) is 0. The minimum Gasteiger partial charge on any atom is -0.328 e. The predicted molar refractivity (Wildman–Crippen MR) is 130 cm³/mol. The molecular formula is C25H54N2O3. The van der Waals surface area contributed by atoms with Crippen LogP contribution in [0.15, 0.2) is 0 Å². The van der Waals surface area contributed by atoms with Crippen molar-refractivity contribution in [3.05, 3.63) is 10.1 Å². The molecule has 0 fully saturated rings. The molecule has 0 aromatic rings. The fraction of sp³-hybridized carbons (Fsp3) is 1.00. The zero-order valence-corrected chi connectivity index (χ0v) is 20.5. The zero-order valence-electron chi connectivity index (χ0n) is 20.5. The van der Waals surface area contributed by atoms with Crippen molar-refractivity contribution in [1.29, 1.82) is 0 Å². The van der Waals surface area contributed by atoms with Gasteiger partial charge in [-0.05, 0) is 25.9 Å². The van der Waals surface area contributed by atoms with Gasteiger partial charge in [0.25, 0.3) is 5.09 Å². The summed E-state index contributed by atoms with van der Waals surface area (Å²) >= 11 is 0. The second-order valence-corrected chi connectivity index (χ2v) is 8.71. The number of nitrogens with one attached hydrogen (secondary N) is 1. The highest BCUT2D eigenvalue weighted by molar-refractivity contribution is 4.53. The molecule has 0 amide bonds. The van der Waals surface area contributed by atoms with Gasteiger partial charge in [-0.1, -0.05) is 136 Å². The van der Waals surface area contributed by atoms with Crippen LogP contribution in [0.3, 0.4) is 0 Å². The maximum absolute atomic E-state index is 8.36. The van der Waals surface area contributed by atoms with E-state index < -0.39 is 5.09 Å². The van der Waals surface area contributed by atoms with Gasteiger partial charge in [-0.25, -0.2) is 0 Å². The van der Waals surface area contributed by atoms with Crippen LogP contribution in [0.25, 0.3) is 0 Å². The molecule has 30 heavy (non-hydrogen) atoms. The molecule has 0 bridgehead atoms. The van der Waals surface area contributed by atoms with Crippen LogP contribution >= 0.6 is 0 Å². The van der Waals surface area contributed by atoms with Crippen LogP contribution in [-0.2, 0) is 0 Å². The van der Waals surface area contributed by atoms with Crippen LogP contribution in [0.1, 0.15) is 149 Å². The molecule has 0 aromatic heterocycles. The maximum Gasteiger partial charge on any atom is 0.291 e. The zero-order chi connectivity index (χ0) is 22.5. The molecule has 5 nitrogen and oxygen atoms in total. The summed E-state index contributed by atoms with van der Waals surface area (Å²) in [5, 5.41) is 17.3. The highest BCUT2D eigenvalue weighted by Gasteiger charge is 1.95. The lowest BCUT2D eigenvalue weighted by molar-refractivity contribution is -0.742. The second kappa shape index (κ2) is 30.4. The molecule has 0 atom stereocenters. The summed E-state index contributed by atoms with van der Waals surface area (Å²) in [5.41, 5.74) is 0. The SMILES string of the molecule is CCCCCCCCCCCCCCNCCCCCCCCCCC.O=[N+]([O-])O. The third kappa shape index (κ3) is 37.8. The summed E-state index contributed by atoms with van der Waals surface area (Å²) in [5.74, 6) is 0. The van der Waals surface area contributed by atoms with Gasteiger partial charge in [-0.3, -0.25) is 0 Å². The van der Waals surface area contributed by atoms with E-state index in [9.17, 15) is 0 Å². The fourth-order valence-electron chi connectivity index (χ4n) is 3.78. The molecule has 0 spiro atoms. The van der Waals surface area contributed by atoms with E-state index in [-0.39, 0.29) is 0 Å². The summed E-state index contributed by atoms with van der Waals surface area (Å²) < 4.78 is 0. The molecule has 5 heteroatoms. The summed E-state index contributed by atoms with van der Waals surface area (Å²) in [4.78, 5) is 8.36. The van der Waals surface area contributed by atoms with Crippen LogP contribution < -0.4 is 5.32 Å². The minimum absolute atomic E-state index is 1.24. The quantitative estimate of drug-likeness (QED) is 0.0968. The summed E-state index contributed by atoms with van der Waals surface area (Å²) in [6.07, 6.45) is 30.3. The lowest BCUT2D eigenvalue weighted by Gasteiger charge is -2.05. The first-order valence-corrected chi connectivity index (χ1v) is 13.2. The Morgan fingerprint density at radius 1 is 0.533 bits per heavy atom. The van der Waals surface area contributed by atoms with Gasteiger partial charge < -0.3 is 10.5 Å². The number of unbranched alkanes of at least 4 members (excludes halogenated alkanes) is 19. The van der Waals surface area contributed by atoms with E-state index in [0.717, 1.165) is 0 Å². The van der Waals surface area contributed by atoms with Crippen molar-refractivity contribution >= 4 is 0 Å². The lowest BCUT2D eigenvalue weighted by Crippen LogP contribution is -2.16. The molecular weight excluding hydrogens is 376 g/mol. The van der Waals surface area contributed by atoms with Crippen LogP contribution in [-0.4, -0.2) is 23.4 Å². The Morgan fingerprint density at radius 2 is 0.733 bits per heavy atom. The molecule has 0 unspecified atom stereocenters. The molecule has 0 radical (unpaired) electrons. The number of hydrogen-bond donors (Lipinski definition) is 2. The Bertz CT molecular complexity index is 287. The van der Waals surface area contributed by atoms with Crippen LogP contribution in [0, 0.1) is 10.1 Å². The summed E-state index contributed by atoms with van der Waals surface area (Å²) in [6.45, 7) is 7.08. The fourth-order valence-corrected chi connectivity index (χ4v) is 3.78. The van der Waals surface area contributed by atoms with Crippen LogP contribution in [0.4, 0.5) is 0 Å². The minimum atomic E-state index is -1.50. The van der Waals surface area contributed by atoms with E-state index in [4.69, 9.17) is 15.3 Å². The smallest absolute Gasteiger partial charge is 0.291 e. The van der Waals surface area contributed by atoms with Crippen LogP contribution in [0.5, 0.6) is 0 Å². The molecule has 0 saturated carbocycles. The molecule has 2 N–H and O–H groups in total. The van der Waals surface area contributed by atoms with Crippen molar-refractivity contribution in [3.8, 4) is 0 Å². The Labute approximate surface area is 187 Å². The molecule has 0 saturated heterocycles. The van der Waals surface area contributed by atoms with Crippen molar-refractivity contribution in [2.24, 2.45) is 0 Å². The highest BCUT2D eigenvalue weighted by atomic mass is 16.9. The standard InChI is InChI=1S/C25H53N.HNO3/c1-3-5-7-9-11-13-14-15-17-19-21-23-25-26-24-22-20-18-16-12-10-8-6-4-2;2-1(3)4/h26H,3-25H2,1-2H3;(H,2,3,4). The van der Waals surface area contributed by atoms with Gasteiger partial charge in [0.2, 0.25) is 0 Å². The van der Waals surface area contributed by atoms with Gasteiger partial charge in [0, 0.05) is 0 Å². The highest BCUT2D eigenvalue weighted by Crippen LogP contribution is 2.12. The van der Waals surface area contributed by atoms with Gasteiger partial charge in [-0.2, -0.15) is 0 Å². The first-order valence-electron chi connectivity index (χ1n) is 13.2. The van der Waals surface area contributed by atoms with Crippen molar-refractivity contribution < 1.29 is 10.3 Å². The van der Waals surface area contributed by atoms with Gasteiger partial charge in [-0.15, -0.1) is 10.1 Å². The van der Waals surface area contributed by atoms with Gasteiger partial charge in [0.15, 0.2) is 0 Å². The molecule has 0 rings (SSSR count). The predicted octanol–water partition coefficient (Wildman–Crippen LogP) is 8.46. The van der Waals surface area contributed by atoms with E-state index in [1.165, 1.54) is 148 Å². The molecule has 0 aromatic carbocycles. The Morgan fingerprint density at radius 3 is 0.967 bits per heavy atom. The van der Waals surface area contributed by atoms with E-state index in [1.54, 1.807) is 0 Å². The van der Waals surface area contributed by atoms with Crippen molar-refractivity contribution in [2.75, 3.05) is 13.1 Å². The monoisotopic (exact) mass is 430 g/mol. The van der Waals surface area contributed by atoms with E-state index in [0.29, 0.717) is 0 Å². The molecule has 182 valence electrons. The lowest BCUT2D eigenvalue weighted by atomic mass is 10.1. The number of hydrogen-bond acceptors (Lipinski definition) is 3. The third-order valence-corrected chi connectivity index (χ3v) is 5.66. The largest absolute Gasteiger partial charge is 0.328 e. The van der Waals surface area contributed by atoms with E-state index in [1.807, 2.05) is 0 Å². The van der Waals surface area contributed by atoms with E-state index in [2.05, 4.69) is 19.2 Å². The maximum atomic E-state index is 8.36. The first kappa shape index (κ1) is 31.3. The van der Waals surface area contributed by atoms with Crippen LogP contribution in [0.2, 0.25) is 0 Å². The molecule has 0 heterocycles. The van der Waals surface area contributed by atoms with Gasteiger partial charge in [0.1, 0.15) is 0 Å². The van der Waals surface area contributed by atoms with Crippen molar-refractivity contribution in [1.82, 2.24) is 5.32 Å². The molecule has 0 aliphatic heterocycles. The topological polar surface area (TPSA) is 75.4 Å². The second-order valence-electron chi connectivity index (χ2n) is 8.71. The molecule has 0 aliphatic rings. The van der Waals surface area contributed by atoms with Crippen molar-refractivity contribution in [3.63, 3.8) is 0 Å². The van der Waals surface area contributed by atoms with E-state index >= 15 is 0 Å². The normalized spacial score (nSPS) is 10.6. The number of rotatable bonds is 23. The third-order valence-electron chi connectivity index (χ3n) is 5.66. The first-order chi connectivity index (χ1) is 14.6. The Hall–Kier alpha value is -0.840. The summed E-state index contributed by atoms with van der Waals surface area (Å²) in [6, 6.07) is 0. The Kier molecular flexibility index (Phi) is 31.7. The Balaban J connectivity index is 0. The average molecular weight is 431 g/mol. The van der Waals surface area contributed by atoms with Crippen molar-refractivity contribution in [2.45, 2.75) is 149 Å². The van der Waals surface area contributed by atoms with Gasteiger partial charge >= 0.3 is 0 Å². The average Bonchev–Trinajstić information content (AvgIpc) is 2.71. The molecule has 0 aliphatic carbocycles.